The van der Waals surface area contributed by atoms with Crippen LogP contribution in [-0.2, 0) is 20.8 Å². The van der Waals surface area contributed by atoms with Gasteiger partial charge < -0.3 is 14.4 Å². The summed E-state index contributed by atoms with van der Waals surface area (Å²) in [5, 5.41) is 0.183. The molecule has 0 N–H and O–H groups in total. The van der Waals surface area contributed by atoms with Crippen LogP contribution < -0.4 is 0 Å². The Bertz CT molecular complexity index is 1140. The summed E-state index contributed by atoms with van der Waals surface area (Å²) in [4.78, 5) is 52.5. The number of esters is 1. The SMILES string of the molecule is CN(Cc1c(F)cccc1Cl)C(=O)COC(=O)c1ccc2c(c1)C(=O)N(CC1CCCO1)C2=O. The van der Waals surface area contributed by atoms with E-state index in [1.807, 2.05) is 0 Å². The van der Waals surface area contributed by atoms with Gasteiger partial charge in [0.05, 0.1) is 29.3 Å². The lowest BCUT2D eigenvalue weighted by molar-refractivity contribution is -0.133. The van der Waals surface area contributed by atoms with Crippen LogP contribution >= 0.6 is 11.6 Å². The minimum absolute atomic E-state index is 0.0338. The number of imide groups is 1. The van der Waals surface area contributed by atoms with Gasteiger partial charge in [0.1, 0.15) is 5.82 Å². The van der Waals surface area contributed by atoms with Gasteiger partial charge in [-0.1, -0.05) is 17.7 Å². The summed E-state index contributed by atoms with van der Waals surface area (Å²) in [6.07, 6.45) is 1.47. The average molecular weight is 489 g/mol. The van der Waals surface area contributed by atoms with Crippen LogP contribution in [0.15, 0.2) is 36.4 Å². The first-order valence-corrected chi connectivity index (χ1v) is 11.1. The lowest BCUT2D eigenvalue weighted by Gasteiger charge is -2.18. The van der Waals surface area contributed by atoms with Crippen molar-refractivity contribution in [3.63, 3.8) is 0 Å². The third kappa shape index (κ3) is 4.80. The molecule has 0 aromatic heterocycles. The van der Waals surface area contributed by atoms with Crippen molar-refractivity contribution in [1.82, 2.24) is 9.80 Å². The highest BCUT2D eigenvalue weighted by atomic mass is 35.5. The van der Waals surface area contributed by atoms with Crippen molar-refractivity contribution in [1.29, 1.82) is 0 Å². The van der Waals surface area contributed by atoms with E-state index in [2.05, 4.69) is 0 Å². The summed E-state index contributed by atoms with van der Waals surface area (Å²) in [7, 11) is 1.43. The zero-order valence-electron chi connectivity index (χ0n) is 18.4. The molecule has 2 aromatic rings. The van der Waals surface area contributed by atoms with E-state index in [0.717, 1.165) is 17.7 Å². The topological polar surface area (TPSA) is 93.2 Å². The van der Waals surface area contributed by atoms with Crippen molar-refractivity contribution in [2.75, 3.05) is 26.8 Å². The molecule has 4 rings (SSSR count). The number of benzene rings is 2. The number of halogens is 2. The molecule has 2 aliphatic heterocycles. The Balaban J connectivity index is 1.37. The molecule has 34 heavy (non-hydrogen) atoms. The second kappa shape index (κ2) is 9.90. The average Bonchev–Trinajstić information content (AvgIpc) is 3.42. The highest BCUT2D eigenvalue weighted by Gasteiger charge is 2.38. The fraction of sp³-hybridized carbons (Fsp3) is 0.333. The van der Waals surface area contributed by atoms with Gasteiger partial charge in [0, 0.05) is 30.8 Å². The zero-order chi connectivity index (χ0) is 24.4. The molecule has 1 atom stereocenters. The van der Waals surface area contributed by atoms with E-state index in [9.17, 15) is 23.6 Å². The number of rotatable bonds is 7. The van der Waals surface area contributed by atoms with Gasteiger partial charge in [0.15, 0.2) is 6.61 Å². The number of likely N-dealkylation sites (N-methyl/N-ethyl adjacent to an activating group) is 1. The quantitative estimate of drug-likeness (QED) is 0.439. The van der Waals surface area contributed by atoms with Crippen LogP contribution in [-0.4, -0.2) is 66.4 Å². The Morgan fingerprint density at radius 3 is 2.68 bits per heavy atom. The maximum atomic E-state index is 13.9. The Labute approximate surface area is 200 Å². The molecule has 1 saturated heterocycles. The fourth-order valence-corrected chi connectivity index (χ4v) is 4.13. The minimum atomic E-state index is -0.828. The van der Waals surface area contributed by atoms with E-state index in [4.69, 9.17) is 21.1 Å². The molecule has 0 spiro atoms. The molecule has 1 unspecified atom stereocenters. The maximum absolute atomic E-state index is 13.9. The summed E-state index contributed by atoms with van der Waals surface area (Å²) in [6.45, 7) is 0.0818. The Hall–Kier alpha value is -3.30. The van der Waals surface area contributed by atoms with E-state index < -0.39 is 36.1 Å². The van der Waals surface area contributed by atoms with Gasteiger partial charge in [0.25, 0.3) is 17.7 Å². The predicted molar refractivity (Wildman–Crippen MR) is 119 cm³/mol. The molecule has 0 aliphatic carbocycles. The lowest BCUT2D eigenvalue weighted by Crippen LogP contribution is -2.36. The van der Waals surface area contributed by atoms with Gasteiger partial charge in [-0.3, -0.25) is 19.3 Å². The Kier molecular flexibility index (Phi) is 6.95. The number of hydrogen-bond donors (Lipinski definition) is 0. The van der Waals surface area contributed by atoms with Gasteiger partial charge in [0.2, 0.25) is 0 Å². The first-order chi connectivity index (χ1) is 16.3. The van der Waals surface area contributed by atoms with Crippen LogP contribution in [0.2, 0.25) is 5.02 Å². The molecule has 2 aliphatic rings. The van der Waals surface area contributed by atoms with E-state index in [1.54, 1.807) is 0 Å². The monoisotopic (exact) mass is 488 g/mol. The number of amides is 3. The molecule has 8 nitrogen and oxygen atoms in total. The molecule has 0 radical (unpaired) electrons. The summed E-state index contributed by atoms with van der Waals surface area (Å²) in [5.74, 6) is -2.87. The lowest BCUT2D eigenvalue weighted by atomic mass is 10.1. The summed E-state index contributed by atoms with van der Waals surface area (Å²) >= 11 is 5.99. The number of hydrogen-bond acceptors (Lipinski definition) is 6. The first-order valence-electron chi connectivity index (χ1n) is 10.7. The fourth-order valence-electron chi connectivity index (χ4n) is 3.91. The molecule has 3 amide bonds. The Morgan fingerprint density at radius 1 is 1.21 bits per heavy atom. The van der Waals surface area contributed by atoms with Gasteiger partial charge in [-0.2, -0.15) is 0 Å². The van der Waals surface area contributed by atoms with Crippen LogP contribution in [0.3, 0.4) is 0 Å². The largest absolute Gasteiger partial charge is 0.452 e. The number of nitrogens with zero attached hydrogens (tertiary/aromatic N) is 2. The molecule has 0 saturated carbocycles. The van der Waals surface area contributed by atoms with Crippen LogP contribution in [0.25, 0.3) is 0 Å². The van der Waals surface area contributed by atoms with Gasteiger partial charge >= 0.3 is 5.97 Å². The standard InChI is InChI=1S/C24H22ClFN2O6/c1-27(12-18-19(25)5-2-6-20(18)26)21(29)13-34-24(32)14-7-8-16-17(10-14)23(31)28(22(16)30)11-15-4-3-9-33-15/h2,5-8,10,15H,3-4,9,11-13H2,1H3. The third-order valence-corrected chi connectivity index (χ3v) is 6.18. The second-order valence-corrected chi connectivity index (χ2v) is 8.55. The third-order valence-electron chi connectivity index (χ3n) is 5.83. The first kappa shape index (κ1) is 23.8. The maximum Gasteiger partial charge on any atom is 0.338 e. The molecule has 10 heteroatoms. The molecular formula is C24H22ClFN2O6. The van der Waals surface area contributed by atoms with E-state index in [1.165, 1.54) is 48.3 Å². The molecule has 2 heterocycles. The number of carbonyl (C=O) groups is 4. The van der Waals surface area contributed by atoms with E-state index in [0.29, 0.717) is 6.61 Å². The van der Waals surface area contributed by atoms with Crippen molar-refractivity contribution in [2.24, 2.45) is 0 Å². The highest BCUT2D eigenvalue weighted by molar-refractivity contribution is 6.31. The predicted octanol–water partition coefficient (Wildman–Crippen LogP) is 3.07. The van der Waals surface area contributed by atoms with Gasteiger partial charge in [-0.05, 0) is 43.2 Å². The highest BCUT2D eigenvalue weighted by Crippen LogP contribution is 2.26. The number of ether oxygens (including phenoxy) is 2. The van der Waals surface area contributed by atoms with Crippen molar-refractivity contribution < 1.29 is 33.0 Å². The molecule has 2 aromatic carbocycles. The summed E-state index contributed by atoms with van der Waals surface area (Å²) in [6, 6.07) is 8.27. The minimum Gasteiger partial charge on any atom is -0.452 e. The molecule has 1 fully saturated rings. The van der Waals surface area contributed by atoms with Crippen LogP contribution in [0.4, 0.5) is 4.39 Å². The van der Waals surface area contributed by atoms with Crippen molar-refractivity contribution in [2.45, 2.75) is 25.5 Å². The normalized spacial score (nSPS) is 17.1. The Morgan fingerprint density at radius 2 is 1.97 bits per heavy atom. The smallest absolute Gasteiger partial charge is 0.338 e. The molecular weight excluding hydrogens is 467 g/mol. The van der Waals surface area contributed by atoms with Crippen molar-refractivity contribution in [3.05, 3.63) is 69.5 Å². The summed E-state index contributed by atoms with van der Waals surface area (Å²) < 4.78 is 24.5. The second-order valence-electron chi connectivity index (χ2n) is 8.14. The zero-order valence-corrected chi connectivity index (χ0v) is 19.1. The summed E-state index contributed by atoms with van der Waals surface area (Å²) in [5.41, 5.74) is 0.499. The molecule has 178 valence electrons. The van der Waals surface area contributed by atoms with Crippen LogP contribution in [0.5, 0.6) is 0 Å². The number of carbonyl (C=O) groups excluding carboxylic acids is 4. The van der Waals surface area contributed by atoms with Crippen LogP contribution in [0, 0.1) is 5.82 Å². The van der Waals surface area contributed by atoms with Crippen molar-refractivity contribution in [3.8, 4) is 0 Å². The van der Waals surface area contributed by atoms with E-state index >= 15 is 0 Å². The van der Waals surface area contributed by atoms with Crippen molar-refractivity contribution >= 4 is 35.3 Å². The number of fused-ring (bicyclic) bond motifs is 1. The molecule has 0 bridgehead atoms. The van der Waals surface area contributed by atoms with Gasteiger partial charge in [-0.15, -0.1) is 0 Å². The van der Waals surface area contributed by atoms with Crippen LogP contribution in [0.1, 0.15) is 49.5 Å². The van der Waals surface area contributed by atoms with Gasteiger partial charge in [-0.25, -0.2) is 9.18 Å². The van der Waals surface area contributed by atoms with E-state index in [-0.39, 0.29) is 46.5 Å².